The van der Waals surface area contributed by atoms with Crippen LogP contribution >= 0.6 is 0 Å². The molecule has 60 valence electrons. The van der Waals surface area contributed by atoms with E-state index in [0.717, 1.165) is 12.2 Å². The van der Waals surface area contributed by atoms with E-state index in [1.807, 2.05) is 0 Å². The average Bonchev–Trinajstić information content (AvgIpc) is 1.87. The largest absolute Gasteiger partial charge is 0.365 e. The zero-order chi connectivity index (χ0) is 7.28. The van der Waals surface area contributed by atoms with E-state index in [0.29, 0.717) is 0 Å². The molecule has 0 radical (unpaired) electrons. The highest BCUT2D eigenvalue weighted by Gasteiger charge is 2.01. The average molecular weight is 147 g/mol. The topological polar surface area (TPSA) is 84.7 Å². The van der Waals surface area contributed by atoms with Crippen LogP contribution in [0.15, 0.2) is 25.3 Å². The summed E-state index contributed by atoms with van der Waals surface area (Å²) in [5.74, 6) is 0. The predicted octanol–water partition coefficient (Wildman–Crippen LogP) is 0.174. The van der Waals surface area contributed by atoms with Gasteiger partial charge in [-0.15, -0.1) is 0 Å². The lowest BCUT2D eigenvalue weighted by Gasteiger charge is -2.09. The van der Waals surface area contributed by atoms with Gasteiger partial charge in [-0.1, -0.05) is 13.2 Å². The van der Waals surface area contributed by atoms with Gasteiger partial charge in [0.1, 0.15) is 0 Å². The van der Waals surface area contributed by atoms with Crippen molar-refractivity contribution in [1.29, 1.82) is 0 Å². The van der Waals surface area contributed by atoms with Gasteiger partial charge >= 0.3 is 0 Å². The Morgan fingerprint density at radius 2 is 1.40 bits per heavy atom. The minimum Gasteiger partial charge on any atom is -0.365 e. The molecule has 0 aromatic heterocycles. The van der Waals surface area contributed by atoms with Crippen LogP contribution in [-0.4, -0.2) is 22.8 Å². The molecule has 0 aliphatic heterocycles. The van der Waals surface area contributed by atoms with Crippen molar-refractivity contribution >= 4 is 0 Å². The third-order valence-corrected chi connectivity index (χ3v) is 0.682. The number of aliphatic hydroxyl groups is 2. The standard InChI is InChI=1S/C6H10O3.H3N/c1-3-5(7)9-6(8)4-2;/h3-8H,1-2H2;1H3. The normalized spacial score (nSPS) is 14.6. The van der Waals surface area contributed by atoms with E-state index in [1.165, 1.54) is 0 Å². The molecule has 0 amide bonds. The van der Waals surface area contributed by atoms with Crippen LogP contribution < -0.4 is 6.15 Å². The molecule has 4 nitrogen and oxygen atoms in total. The van der Waals surface area contributed by atoms with E-state index < -0.39 is 12.6 Å². The maximum Gasteiger partial charge on any atom is 0.177 e. The van der Waals surface area contributed by atoms with E-state index in [2.05, 4.69) is 17.9 Å². The predicted molar refractivity (Wildman–Crippen MR) is 38.5 cm³/mol. The molecule has 0 saturated carbocycles. The minimum absolute atomic E-state index is 0. The van der Waals surface area contributed by atoms with E-state index in [9.17, 15) is 0 Å². The molecule has 0 rings (SSSR count). The maximum atomic E-state index is 8.61. The highest BCUT2D eigenvalue weighted by molar-refractivity contribution is 4.75. The number of aliphatic hydroxyl groups excluding tert-OH is 2. The molecule has 0 aromatic rings. The molecule has 0 aliphatic carbocycles. The highest BCUT2D eigenvalue weighted by Crippen LogP contribution is 1.93. The fourth-order valence-corrected chi connectivity index (χ4v) is 0.254. The lowest BCUT2D eigenvalue weighted by molar-refractivity contribution is -0.163. The van der Waals surface area contributed by atoms with Gasteiger partial charge in [0.05, 0.1) is 0 Å². The SMILES string of the molecule is C=CC(O)OC(O)C=C.N. The Hall–Kier alpha value is -0.680. The summed E-state index contributed by atoms with van der Waals surface area (Å²) in [7, 11) is 0. The Balaban J connectivity index is 0. The first-order chi connectivity index (χ1) is 4.20. The number of hydrogen-bond acceptors (Lipinski definition) is 4. The van der Waals surface area contributed by atoms with Crippen molar-refractivity contribution in [2.45, 2.75) is 12.6 Å². The molecule has 4 heteroatoms. The van der Waals surface area contributed by atoms with Crippen molar-refractivity contribution in [2.75, 3.05) is 0 Å². The van der Waals surface area contributed by atoms with Gasteiger partial charge in [-0.3, -0.25) is 0 Å². The van der Waals surface area contributed by atoms with Gasteiger partial charge < -0.3 is 21.1 Å². The molecule has 5 N–H and O–H groups in total. The number of hydrogen-bond donors (Lipinski definition) is 3. The molecule has 0 fully saturated rings. The molecule has 10 heavy (non-hydrogen) atoms. The van der Waals surface area contributed by atoms with Crippen molar-refractivity contribution in [3.05, 3.63) is 25.3 Å². The second-order valence-corrected chi connectivity index (χ2v) is 1.39. The minimum atomic E-state index is -1.13. The number of ether oxygens (including phenoxy) is 1. The third kappa shape index (κ3) is 5.46. The third-order valence-electron chi connectivity index (χ3n) is 0.682. The van der Waals surface area contributed by atoms with Gasteiger partial charge in [0.25, 0.3) is 0 Å². The van der Waals surface area contributed by atoms with Crippen LogP contribution in [0.3, 0.4) is 0 Å². The van der Waals surface area contributed by atoms with Crippen LogP contribution in [0, 0.1) is 0 Å². The van der Waals surface area contributed by atoms with Crippen molar-refractivity contribution in [2.24, 2.45) is 0 Å². The quantitative estimate of drug-likeness (QED) is 0.391. The molecule has 0 saturated heterocycles. The summed E-state index contributed by atoms with van der Waals surface area (Å²) >= 11 is 0. The van der Waals surface area contributed by atoms with Crippen LogP contribution in [0.2, 0.25) is 0 Å². The fraction of sp³-hybridized carbons (Fsp3) is 0.333. The smallest absolute Gasteiger partial charge is 0.177 e. The highest BCUT2D eigenvalue weighted by atomic mass is 16.7. The first kappa shape index (κ1) is 12.0. The monoisotopic (exact) mass is 147 g/mol. The second-order valence-electron chi connectivity index (χ2n) is 1.39. The first-order valence-corrected chi connectivity index (χ1v) is 2.47. The Bertz CT molecular complexity index is 93.2. The summed E-state index contributed by atoms with van der Waals surface area (Å²) < 4.78 is 4.42. The van der Waals surface area contributed by atoms with Crippen LogP contribution in [0.5, 0.6) is 0 Å². The van der Waals surface area contributed by atoms with E-state index in [-0.39, 0.29) is 6.15 Å². The fourth-order valence-electron chi connectivity index (χ4n) is 0.254. The van der Waals surface area contributed by atoms with Gasteiger partial charge in [0, 0.05) is 0 Å². The lowest BCUT2D eigenvalue weighted by atomic mass is 10.6. The maximum absolute atomic E-state index is 8.61. The summed E-state index contributed by atoms with van der Waals surface area (Å²) in [5.41, 5.74) is 0. The van der Waals surface area contributed by atoms with Gasteiger partial charge in [0.15, 0.2) is 12.6 Å². The molecular weight excluding hydrogens is 134 g/mol. The zero-order valence-corrected chi connectivity index (χ0v) is 5.73. The van der Waals surface area contributed by atoms with Crippen LogP contribution in [0.4, 0.5) is 0 Å². The van der Waals surface area contributed by atoms with Gasteiger partial charge in [0.2, 0.25) is 0 Å². The molecule has 0 aromatic carbocycles. The molecule has 0 spiro atoms. The van der Waals surface area contributed by atoms with Crippen molar-refractivity contribution in [3.63, 3.8) is 0 Å². The van der Waals surface area contributed by atoms with E-state index >= 15 is 0 Å². The lowest BCUT2D eigenvalue weighted by Crippen LogP contribution is -2.17. The summed E-state index contributed by atoms with van der Waals surface area (Å²) in [4.78, 5) is 0. The van der Waals surface area contributed by atoms with Crippen molar-refractivity contribution < 1.29 is 14.9 Å². The van der Waals surface area contributed by atoms with Crippen molar-refractivity contribution in [1.82, 2.24) is 6.15 Å². The van der Waals surface area contributed by atoms with E-state index in [4.69, 9.17) is 10.2 Å². The molecule has 0 aliphatic rings. The molecule has 2 atom stereocenters. The molecule has 0 bridgehead atoms. The van der Waals surface area contributed by atoms with Gasteiger partial charge in [-0.05, 0) is 12.2 Å². The van der Waals surface area contributed by atoms with Gasteiger partial charge in [-0.25, -0.2) is 0 Å². The molecule has 0 heterocycles. The Labute approximate surface area is 60.0 Å². The summed E-state index contributed by atoms with van der Waals surface area (Å²) in [6.07, 6.45) is 0.0652. The van der Waals surface area contributed by atoms with Crippen LogP contribution in [0.1, 0.15) is 0 Å². The van der Waals surface area contributed by atoms with Crippen LogP contribution in [-0.2, 0) is 4.74 Å². The second kappa shape index (κ2) is 6.44. The van der Waals surface area contributed by atoms with Crippen LogP contribution in [0.25, 0.3) is 0 Å². The first-order valence-electron chi connectivity index (χ1n) is 2.47. The Kier molecular flexibility index (Phi) is 7.75. The number of rotatable bonds is 4. The summed E-state index contributed by atoms with van der Waals surface area (Å²) in [6, 6.07) is 0. The van der Waals surface area contributed by atoms with Crippen molar-refractivity contribution in [3.8, 4) is 0 Å². The summed E-state index contributed by atoms with van der Waals surface area (Å²) in [6.45, 7) is 6.46. The molecular formula is C6H13NO3. The molecule has 2 unspecified atom stereocenters. The Morgan fingerprint density at radius 3 is 1.60 bits per heavy atom. The zero-order valence-electron chi connectivity index (χ0n) is 5.73. The van der Waals surface area contributed by atoms with Gasteiger partial charge in [-0.2, -0.15) is 0 Å². The van der Waals surface area contributed by atoms with E-state index in [1.54, 1.807) is 0 Å². The Morgan fingerprint density at radius 1 is 1.10 bits per heavy atom. The summed E-state index contributed by atoms with van der Waals surface area (Å²) in [5, 5.41) is 17.2.